The summed E-state index contributed by atoms with van der Waals surface area (Å²) in [5.74, 6) is 1.77. The molecule has 2 N–H and O–H groups in total. The fourth-order valence-corrected chi connectivity index (χ4v) is 6.50. The van der Waals surface area contributed by atoms with Crippen molar-refractivity contribution < 1.29 is 18.3 Å². The molecule has 3 saturated carbocycles. The number of pyridine rings is 1. The normalized spacial score (nSPS) is 30.2. The summed E-state index contributed by atoms with van der Waals surface area (Å²) < 4.78 is 37.9. The quantitative estimate of drug-likeness (QED) is 0.702. The monoisotopic (exact) mass is 459 g/mol. The van der Waals surface area contributed by atoms with E-state index in [2.05, 4.69) is 25.4 Å². The molecular weight excluding hydrogens is 428 g/mol. The average molecular weight is 460 g/mol. The number of rotatable bonds is 6. The summed E-state index contributed by atoms with van der Waals surface area (Å²) in [7, 11) is 0. The van der Waals surface area contributed by atoms with Crippen molar-refractivity contribution in [2.45, 2.75) is 63.1 Å². The Bertz CT molecular complexity index is 1000. The van der Waals surface area contributed by atoms with Crippen molar-refractivity contribution in [3.63, 3.8) is 0 Å². The summed E-state index contributed by atoms with van der Waals surface area (Å²) in [5.41, 5.74) is 8.46. The predicted octanol–water partition coefficient (Wildman–Crippen LogP) is 4.07. The molecule has 3 aliphatic carbocycles. The molecule has 3 heterocycles. The van der Waals surface area contributed by atoms with E-state index in [-0.39, 0.29) is 11.6 Å². The van der Waals surface area contributed by atoms with E-state index in [1.165, 1.54) is 37.4 Å². The van der Waals surface area contributed by atoms with Gasteiger partial charge in [0.15, 0.2) is 11.6 Å². The van der Waals surface area contributed by atoms with Crippen LogP contribution in [0.1, 0.15) is 56.2 Å². The van der Waals surface area contributed by atoms with Crippen LogP contribution in [-0.2, 0) is 4.74 Å². The molecule has 0 aromatic carbocycles. The molecule has 2 aromatic rings. The van der Waals surface area contributed by atoms with Crippen molar-refractivity contribution in [2.24, 2.45) is 11.8 Å². The summed E-state index contributed by atoms with van der Waals surface area (Å²) in [5, 5.41) is 4.96. The third-order valence-electron chi connectivity index (χ3n) is 8.29. The molecule has 4 aliphatic rings. The fourth-order valence-electron chi connectivity index (χ4n) is 6.50. The Labute approximate surface area is 192 Å². The highest BCUT2D eigenvalue weighted by Gasteiger charge is 2.49. The summed E-state index contributed by atoms with van der Waals surface area (Å²) in [6, 6.07) is 4.81. The third-order valence-corrected chi connectivity index (χ3v) is 8.29. The minimum atomic E-state index is -2.94. The average Bonchev–Trinajstić information content (AvgIpc) is 3.49. The number of nitrogen functional groups attached to an aromatic ring is 1. The molecule has 2 bridgehead atoms. The van der Waals surface area contributed by atoms with Crippen LogP contribution in [-0.4, -0.2) is 58.6 Å². The van der Waals surface area contributed by atoms with Gasteiger partial charge in [0.2, 0.25) is 0 Å². The van der Waals surface area contributed by atoms with Crippen LogP contribution in [0.3, 0.4) is 0 Å². The summed E-state index contributed by atoms with van der Waals surface area (Å²) in [4.78, 5) is 6.72. The van der Waals surface area contributed by atoms with E-state index < -0.39 is 6.61 Å². The highest BCUT2D eigenvalue weighted by atomic mass is 19.3. The van der Waals surface area contributed by atoms with Crippen molar-refractivity contribution >= 4 is 5.82 Å². The maximum atomic E-state index is 12.8. The van der Waals surface area contributed by atoms with Crippen LogP contribution in [0.5, 0.6) is 5.75 Å². The smallest absolute Gasteiger partial charge is 0.387 e. The van der Waals surface area contributed by atoms with Gasteiger partial charge in [0.05, 0.1) is 24.9 Å². The van der Waals surface area contributed by atoms with Crippen LogP contribution in [0, 0.1) is 11.8 Å². The zero-order valence-electron chi connectivity index (χ0n) is 18.7. The number of ether oxygens (including phenoxy) is 2. The number of morpholine rings is 1. The number of aromatic nitrogens is 3. The Morgan fingerprint density at radius 3 is 2.58 bits per heavy atom. The molecule has 0 radical (unpaired) electrons. The van der Waals surface area contributed by atoms with Gasteiger partial charge in [-0.25, -0.2) is 4.98 Å². The van der Waals surface area contributed by atoms with Gasteiger partial charge in [-0.05, 0) is 62.5 Å². The Kier molecular flexibility index (Phi) is 5.49. The van der Waals surface area contributed by atoms with Gasteiger partial charge in [-0.15, -0.1) is 0 Å². The van der Waals surface area contributed by atoms with E-state index >= 15 is 0 Å². The molecule has 33 heavy (non-hydrogen) atoms. The van der Waals surface area contributed by atoms with Crippen molar-refractivity contribution in [2.75, 3.05) is 32.0 Å². The first-order chi connectivity index (χ1) is 16.1. The number of alkyl halides is 2. The van der Waals surface area contributed by atoms with Crippen LogP contribution in [0.4, 0.5) is 14.6 Å². The van der Waals surface area contributed by atoms with Crippen molar-refractivity contribution in [1.29, 1.82) is 0 Å². The van der Waals surface area contributed by atoms with Gasteiger partial charge in [0, 0.05) is 42.5 Å². The molecule has 2 aromatic heterocycles. The molecule has 0 spiro atoms. The van der Waals surface area contributed by atoms with E-state index in [4.69, 9.17) is 15.6 Å². The molecule has 9 heteroatoms. The van der Waals surface area contributed by atoms with E-state index in [9.17, 15) is 8.78 Å². The van der Waals surface area contributed by atoms with Crippen molar-refractivity contribution in [3.05, 3.63) is 24.0 Å². The molecule has 6 rings (SSSR count). The fraction of sp³-hybridized carbons (Fsp3) is 0.667. The maximum absolute atomic E-state index is 12.8. The number of hydrogen-bond donors (Lipinski definition) is 1. The predicted molar refractivity (Wildman–Crippen MR) is 119 cm³/mol. The Morgan fingerprint density at radius 1 is 1.09 bits per heavy atom. The molecule has 0 amide bonds. The molecule has 178 valence electrons. The first kappa shape index (κ1) is 21.3. The van der Waals surface area contributed by atoms with Crippen LogP contribution in [0.25, 0.3) is 11.3 Å². The number of fused-ring (bicyclic) bond motifs is 2. The first-order valence-electron chi connectivity index (χ1n) is 12.2. The standard InChI is InChI=1S/C24H31F2N5O2/c25-24(26)33-22-11-16(13-28-23(22)27)19-12-21(31(29-19)17-2-1-3-17)18-9-15-8-14(18)10-20(15)30-4-6-32-7-5-30/h11-15,17-18,20,24H,1-10H2,(H2,27,28)/t14-,15?,18+,20-/m1/s1. The zero-order valence-corrected chi connectivity index (χ0v) is 18.7. The number of hydrogen-bond acceptors (Lipinski definition) is 6. The van der Waals surface area contributed by atoms with Crippen LogP contribution in [0.15, 0.2) is 18.3 Å². The lowest BCUT2D eigenvalue weighted by molar-refractivity contribution is -0.0494. The topological polar surface area (TPSA) is 78.4 Å². The number of nitrogens with zero attached hydrogens (tertiary/aromatic N) is 4. The summed E-state index contributed by atoms with van der Waals surface area (Å²) in [6.45, 7) is 0.858. The number of halogens is 2. The first-order valence-corrected chi connectivity index (χ1v) is 12.2. The van der Waals surface area contributed by atoms with Crippen LogP contribution >= 0.6 is 0 Å². The Balaban J connectivity index is 1.27. The van der Waals surface area contributed by atoms with Crippen molar-refractivity contribution in [1.82, 2.24) is 19.7 Å². The van der Waals surface area contributed by atoms with Crippen LogP contribution < -0.4 is 10.5 Å². The molecule has 4 fully saturated rings. The SMILES string of the molecule is Nc1ncc(-c2cc([C@H]3CC4C[C@@H]3C[C@H]4N3CCOCC3)n(C3CCC3)n2)cc1OC(F)F. The molecule has 7 nitrogen and oxygen atoms in total. The van der Waals surface area contributed by atoms with E-state index in [0.717, 1.165) is 50.8 Å². The highest BCUT2D eigenvalue weighted by molar-refractivity contribution is 5.64. The Hall–Kier alpha value is -2.26. The Morgan fingerprint density at radius 2 is 1.91 bits per heavy atom. The van der Waals surface area contributed by atoms with E-state index in [1.54, 1.807) is 6.20 Å². The van der Waals surface area contributed by atoms with Gasteiger partial charge >= 0.3 is 6.61 Å². The minimum absolute atomic E-state index is 0.0417. The molecular formula is C24H31F2N5O2. The van der Waals surface area contributed by atoms with Gasteiger partial charge in [-0.1, -0.05) is 0 Å². The van der Waals surface area contributed by atoms with Gasteiger partial charge in [-0.2, -0.15) is 13.9 Å². The minimum Gasteiger partial charge on any atom is -0.431 e. The molecule has 1 saturated heterocycles. The second kappa shape index (κ2) is 8.51. The largest absolute Gasteiger partial charge is 0.431 e. The second-order valence-electron chi connectivity index (χ2n) is 10.0. The van der Waals surface area contributed by atoms with Gasteiger partial charge < -0.3 is 15.2 Å². The lowest BCUT2D eigenvalue weighted by atomic mass is 9.82. The molecule has 1 aliphatic heterocycles. The lowest BCUT2D eigenvalue weighted by Crippen LogP contribution is -2.46. The number of nitrogens with two attached hydrogens (primary N) is 1. The maximum Gasteiger partial charge on any atom is 0.387 e. The summed E-state index contributed by atoms with van der Waals surface area (Å²) in [6.07, 6.45) is 8.84. The molecule has 4 atom stereocenters. The van der Waals surface area contributed by atoms with Crippen molar-refractivity contribution in [3.8, 4) is 17.0 Å². The molecule has 1 unspecified atom stereocenters. The zero-order chi connectivity index (χ0) is 22.5. The van der Waals surface area contributed by atoms with Gasteiger partial charge in [0.1, 0.15) is 0 Å². The number of anilines is 1. The van der Waals surface area contributed by atoms with Gasteiger partial charge in [0.25, 0.3) is 0 Å². The third kappa shape index (κ3) is 3.89. The highest BCUT2D eigenvalue weighted by Crippen LogP contribution is 2.55. The second-order valence-corrected chi connectivity index (χ2v) is 10.0. The van der Waals surface area contributed by atoms with Crippen LogP contribution in [0.2, 0.25) is 0 Å². The van der Waals surface area contributed by atoms with E-state index in [1.807, 2.05) is 0 Å². The summed E-state index contributed by atoms with van der Waals surface area (Å²) >= 11 is 0. The van der Waals surface area contributed by atoms with E-state index in [0.29, 0.717) is 29.5 Å². The van der Waals surface area contributed by atoms with Gasteiger partial charge in [-0.3, -0.25) is 9.58 Å². The lowest BCUT2D eigenvalue weighted by Gasteiger charge is -2.39.